The van der Waals surface area contributed by atoms with Gasteiger partial charge >= 0.3 is 0 Å². The average molecular weight is 209 g/mol. The Morgan fingerprint density at radius 1 is 1.80 bits per heavy atom. The molecule has 0 spiro atoms. The summed E-state index contributed by atoms with van der Waals surface area (Å²) in [6.45, 7) is 2.11. The summed E-state index contributed by atoms with van der Waals surface area (Å²) in [4.78, 5) is 4.33. The van der Waals surface area contributed by atoms with Gasteiger partial charge in [0.25, 0.3) is 0 Å². The van der Waals surface area contributed by atoms with Crippen molar-refractivity contribution in [2.75, 3.05) is 0 Å². The van der Waals surface area contributed by atoms with E-state index in [1.54, 1.807) is 22.1 Å². The van der Waals surface area contributed by atoms with E-state index < -0.39 is 0 Å². The van der Waals surface area contributed by atoms with Crippen molar-refractivity contribution in [3.8, 4) is 0 Å². The van der Waals surface area contributed by atoms with E-state index in [0.717, 1.165) is 10.8 Å². The largest absolute Gasteiger partial charge is 0.234 e. The zero-order valence-electron chi connectivity index (χ0n) is 5.40. The third kappa shape index (κ3) is 2.38. The van der Waals surface area contributed by atoms with Crippen LogP contribution >= 0.6 is 43.6 Å². The molecule has 1 aromatic heterocycles. The van der Waals surface area contributed by atoms with Crippen molar-refractivity contribution >= 4 is 43.6 Å². The van der Waals surface area contributed by atoms with Gasteiger partial charge in [-0.05, 0) is 27.0 Å². The normalized spacial score (nSPS) is 10.2. The van der Waals surface area contributed by atoms with Crippen molar-refractivity contribution in [1.82, 2.24) is 4.98 Å². The molecule has 0 aliphatic heterocycles. The smallest absolute Gasteiger partial charge is 0.161 e. The van der Waals surface area contributed by atoms with Crippen LogP contribution in [-0.2, 0) is 6.42 Å². The molecule has 0 fully saturated rings. The van der Waals surface area contributed by atoms with Crippen LogP contribution < -0.4 is 0 Å². The number of aryl methyl sites for hydroxylation is 1. The summed E-state index contributed by atoms with van der Waals surface area (Å²) in [7, 11) is 3.04. The van der Waals surface area contributed by atoms with Crippen LogP contribution in [0.4, 0.5) is 0 Å². The Balaban J connectivity index is 2.59. The van der Waals surface area contributed by atoms with Gasteiger partial charge < -0.3 is 0 Å². The number of aromatic nitrogens is 1. The van der Waals surface area contributed by atoms with Gasteiger partial charge in [0.1, 0.15) is 0 Å². The fourth-order valence-corrected chi connectivity index (χ4v) is 3.72. The van der Waals surface area contributed by atoms with E-state index in [9.17, 15) is 0 Å². The Labute approximate surface area is 77.2 Å². The number of hydrogen-bond donors (Lipinski definition) is 1. The first-order chi connectivity index (χ1) is 4.86. The number of nitrogens with zero attached hydrogens (tertiary/aromatic N) is 1. The lowest BCUT2D eigenvalue weighted by molar-refractivity contribution is 1.03. The second-order valence-electron chi connectivity index (χ2n) is 1.62. The van der Waals surface area contributed by atoms with Gasteiger partial charge in [0.15, 0.2) is 4.34 Å². The van der Waals surface area contributed by atoms with Crippen molar-refractivity contribution in [3.05, 3.63) is 11.1 Å². The van der Waals surface area contributed by atoms with Gasteiger partial charge in [0.05, 0.1) is 5.69 Å². The van der Waals surface area contributed by atoms with Gasteiger partial charge in [-0.25, -0.2) is 4.98 Å². The summed E-state index contributed by atoms with van der Waals surface area (Å²) in [5.74, 6) is 0. The van der Waals surface area contributed by atoms with Gasteiger partial charge in [-0.1, -0.05) is 18.6 Å². The standard InChI is InChI=1S/C5H7NS4/c1-2-4-3-8-5(6-4)9-10-7/h3,7H,2H2,1H3. The summed E-state index contributed by atoms with van der Waals surface area (Å²) in [6.07, 6.45) is 1.02. The molecule has 0 aliphatic rings. The lowest BCUT2D eigenvalue weighted by Gasteiger charge is -1.85. The highest BCUT2D eigenvalue weighted by Gasteiger charge is 1.98. The molecule has 0 amide bonds. The first kappa shape index (κ1) is 8.77. The lowest BCUT2D eigenvalue weighted by Crippen LogP contribution is -1.75. The van der Waals surface area contributed by atoms with Crippen molar-refractivity contribution in [3.63, 3.8) is 0 Å². The highest BCUT2D eigenvalue weighted by molar-refractivity contribution is 9.05. The molecule has 1 nitrogen and oxygen atoms in total. The molecule has 0 saturated heterocycles. The number of thiol groups is 1. The summed E-state index contributed by atoms with van der Waals surface area (Å²) in [5, 5.41) is 2.09. The quantitative estimate of drug-likeness (QED) is 0.606. The average Bonchev–Trinajstić information content (AvgIpc) is 2.37. The second-order valence-corrected chi connectivity index (χ2v) is 5.72. The number of thiazole rings is 1. The molecule has 0 unspecified atom stereocenters. The summed E-state index contributed by atoms with van der Waals surface area (Å²) >= 11 is 5.70. The Hall–Kier alpha value is 0.680. The highest BCUT2D eigenvalue weighted by Crippen LogP contribution is 2.35. The van der Waals surface area contributed by atoms with Crippen LogP contribution in [0.25, 0.3) is 0 Å². The van der Waals surface area contributed by atoms with E-state index in [0.29, 0.717) is 0 Å². The van der Waals surface area contributed by atoms with Crippen LogP contribution in [0.2, 0.25) is 0 Å². The number of rotatable bonds is 3. The maximum atomic E-state index is 4.33. The maximum Gasteiger partial charge on any atom is 0.161 e. The van der Waals surface area contributed by atoms with Crippen molar-refractivity contribution in [2.24, 2.45) is 0 Å². The van der Waals surface area contributed by atoms with E-state index in [1.165, 1.54) is 15.5 Å². The van der Waals surface area contributed by atoms with E-state index >= 15 is 0 Å². The molecule has 0 aromatic carbocycles. The molecule has 0 bridgehead atoms. The first-order valence-electron chi connectivity index (χ1n) is 2.79. The summed E-state index contributed by atoms with van der Waals surface area (Å²) < 4.78 is 1.09. The van der Waals surface area contributed by atoms with Gasteiger partial charge in [0, 0.05) is 5.38 Å². The molecule has 0 N–H and O–H groups in total. The minimum atomic E-state index is 1.02. The highest BCUT2D eigenvalue weighted by atomic mass is 33.5. The molecule has 1 aromatic rings. The molecule has 0 aliphatic carbocycles. The van der Waals surface area contributed by atoms with E-state index in [4.69, 9.17) is 0 Å². The van der Waals surface area contributed by atoms with E-state index in [2.05, 4.69) is 28.9 Å². The monoisotopic (exact) mass is 209 g/mol. The summed E-state index contributed by atoms with van der Waals surface area (Å²) in [6, 6.07) is 0. The van der Waals surface area contributed by atoms with Gasteiger partial charge in [-0.2, -0.15) is 0 Å². The number of hydrogen-bond acceptors (Lipinski definition) is 5. The van der Waals surface area contributed by atoms with Crippen LogP contribution in [-0.4, -0.2) is 4.98 Å². The molecule has 10 heavy (non-hydrogen) atoms. The van der Waals surface area contributed by atoms with Crippen LogP contribution in [0.15, 0.2) is 9.72 Å². The van der Waals surface area contributed by atoms with Crippen LogP contribution in [0.3, 0.4) is 0 Å². The predicted molar refractivity (Wildman–Crippen MR) is 53.9 cm³/mol. The molecule has 1 heterocycles. The minimum absolute atomic E-state index is 1.02. The molecule has 0 atom stereocenters. The van der Waals surface area contributed by atoms with Crippen LogP contribution in [0.1, 0.15) is 12.6 Å². The fraction of sp³-hybridized carbons (Fsp3) is 0.400. The van der Waals surface area contributed by atoms with Crippen molar-refractivity contribution < 1.29 is 0 Å². The topological polar surface area (TPSA) is 12.9 Å². The zero-order valence-corrected chi connectivity index (χ0v) is 8.75. The van der Waals surface area contributed by atoms with Crippen LogP contribution in [0, 0.1) is 0 Å². The molecule has 0 saturated carbocycles. The Kier molecular flexibility index (Phi) is 3.98. The first-order valence-corrected chi connectivity index (χ1v) is 6.87. The van der Waals surface area contributed by atoms with Gasteiger partial charge in [0.2, 0.25) is 0 Å². The Morgan fingerprint density at radius 3 is 3.10 bits per heavy atom. The molecule has 5 heteroatoms. The molecule has 56 valence electrons. The van der Waals surface area contributed by atoms with Gasteiger partial charge in [-0.3, -0.25) is 0 Å². The van der Waals surface area contributed by atoms with Crippen molar-refractivity contribution in [1.29, 1.82) is 0 Å². The lowest BCUT2D eigenvalue weighted by atomic mass is 10.4. The zero-order chi connectivity index (χ0) is 7.40. The summed E-state index contributed by atoms with van der Waals surface area (Å²) in [5.41, 5.74) is 1.18. The van der Waals surface area contributed by atoms with Crippen molar-refractivity contribution in [2.45, 2.75) is 17.7 Å². The van der Waals surface area contributed by atoms with Crippen LogP contribution in [0.5, 0.6) is 0 Å². The van der Waals surface area contributed by atoms with E-state index in [1.807, 2.05) is 0 Å². The third-order valence-electron chi connectivity index (χ3n) is 1.00. The molecular formula is C5H7NS4. The Bertz CT molecular complexity index is 197. The SMILES string of the molecule is CCc1csc(SSS)n1. The van der Waals surface area contributed by atoms with Gasteiger partial charge in [-0.15, -0.1) is 11.3 Å². The second kappa shape index (κ2) is 4.54. The molecular weight excluding hydrogens is 202 g/mol. The Morgan fingerprint density at radius 2 is 2.60 bits per heavy atom. The fourth-order valence-electron chi connectivity index (χ4n) is 0.521. The third-order valence-corrected chi connectivity index (χ3v) is 4.22. The molecule has 0 radical (unpaired) electrons. The maximum absolute atomic E-state index is 4.33. The predicted octanol–water partition coefficient (Wildman–Crippen LogP) is 3.29. The molecule has 1 rings (SSSR count). The van der Waals surface area contributed by atoms with E-state index in [-0.39, 0.29) is 0 Å². The minimum Gasteiger partial charge on any atom is -0.234 e.